The fourth-order valence-corrected chi connectivity index (χ4v) is 6.93. The second kappa shape index (κ2) is 39.3. The molecule has 0 rings (SSSR count). The van der Waals surface area contributed by atoms with Gasteiger partial charge in [-0.25, -0.2) is 0 Å². The van der Waals surface area contributed by atoms with Gasteiger partial charge in [0.15, 0.2) is 0 Å². The van der Waals surface area contributed by atoms with Gasteiger partial charge in [0.25, 0.3) is 0 Å². The van der Waals surface area contributed by atoms with Gasteiger partial charge in [0.2, 0.25) is 5.91 Å². The van der Waals surface area contributed by atoms with E-state index in [0.29, 0.717) is 12.8 Å². The Kier molecular flexibility index (Phi) is 38.5. The van der Waals surface area contributed by atoms with Gasteiger partial charge in [-0.3, -0.25) is 4.79 Å². The number of nitrogens with one attached hydrogen (secondary N) is 1. The van der Waals surface area contributed by atoms with Crippen LogP contribution in [0.4, 0.5) is 0 Å². The molecule has 0 bridgehead atoms. The molecule has 298 valence electrons. The summed E-state index contributed by atoms with van der Waals surface area (Å²) in [6, 6.07) is -0.985. The maximum atomic E-state index is 12.5. The zero-order chi connectivity index (χ0) is 36.8. The summed E-state index contributed by atoms with van der Waals surface area (Å²) in [6.45, 7) is 4.03. The number of amides is 1. The molecule has 5 N–H and O–H groups in total. The summed E-state index contributed by atoms with van der Waals surface area (Å²) in [7, 11) is 0. The van der Waals surface area contributed by atoms with E-state index < -0.39 is 36.9 Å². The summed E-state index contributed by atoms with van der Waals surface area (Å²) < 4.78 is 0. The third kappa shape index (κ3) is 32.9. The Morgan fingerprint density at radius 3 is 1.20 bits per heavy atom. The normalized spacial score (nSPS) is 14.3. The number of hydrogen-bond acceptors (Lipinski definition) is 5. The second-order valence-corrected chi connectivity index (χ2v) is 15.4. The van der Waals surface area contributed by atoms with Crippen LogP contribution in [-0.4, -0.2) is 57.3 Å². The largest absolute Gasteiger partial charge is 0.394 e. The summed E-state index contributed by atoms with van der Waals surface area (Å²) in [5.41, 5.74) is 0. The van der Waals surface area contributed by atoms with Crippen molar-refractivity contribution >= 4 is 5.91 Å². The van der Waals surface area contributed by atoms with E-state index in [0.717, 1.165) is 51.4 Å². The number of hydrogen-bond donors (Lipinski definition) is 5. The van der Waals surface area contributed by atoms with E-state index in [4.69, 9.17) is 0 Å². The Balaban J connectivity index is 3.67. The summed E-state index contributed by atoms with van der Waals surface area (Å²) in [5, 5.41) is 43.6. The van der Waals surface area contributed by atoms with E-state index >= 15 is 0 Å². The summed E-state index contributed by atoms with van der Waals surface area (Å²) in [4.78, 5) is 12.5. The van der Waals surface area contributed by atoms with Gasteiger partial charge in [0.05, 0.1) is 18.8 Å². The standard InChI is InChI=1S/C44H87NO5/c1-3-5-7-9-11-13-15-17-18-19-20-21-22-23-24-25-26-28-30-32-34-36-38-42(48)44(50)45-40(39-46)43(49)41(47)37-35-33-31-29-27-16-14-12-10-8-6-4-2/h12,14,40-43,46-49H,3-11,13,15-39H2,1-2H3,(H,45,50)/b14-12-/t40-,41+,42+,43-/m0/s1. The lowest BCUT2D eigenvalue weighted by molar-refractivity contribution is -0.132. The maximum Gasteiger partial charge on any atom is 0.249 e. The summed E-state index contributed by atoms with van der Waals surface area (Å²) >= 11 is 0. The first kappa shape index (κ1) is 49.0. The van der Waals surface area contributed by atoms with Gasteiger partial charge >= 0.3 is 0 Å². The van der Waals surface area contributed by atoms with Gasteiger partial charge in [-0.05, 0) is 38.5 Å². The first-order chi connectivity index (χ1) is 24.5. The van der Waals surface area contributed by atoms with Gasteiger partial charge in [-0.15, -0.1) is 0 Å². The molecule has 0 saturated heterocycles. The van der Waals surface area contributed by atoms with Crippen LogP contribution in [0.5, 0.6) is 0 Å². The average Bonchev–Trinajstić information content (AvgIpc) is 3.12. The minimum atomic E-state index is -1.26. The molecule has 0 aliphatic carbocycles. The molecule has 0 saturated carbocycles. The first-order valence-electron chi connectivity index (χ1n) is 22.1. The van der Waals surface area contributed by atoms with Gasteiger partial charge in [0.1, 0.15) is 12.2 Å². The van der Waals surface area contributed by atoms with E-state index in [1.165, 1.54) is 154 Å². The smallest absolute Gasteiger partial charge is 0.249 e. The third-order valence-corrected chi connectivity index (χ3v) is 10.5. The zero-order valence-electron chi connectivity index (χ0n) is 33.4. The van der Waals surface area contributed by atoms with Crippen molar-refractivity contribution in [3.05, 3.63) is 12.2 Å². The van der Waals surface area contributed by atoms with Crippen molar-refractivity contribution < 1.29 is 25.2 Å². The lowest BCUT2D eigenvalue weighted by Gasteiger charge is -2.27. The van der Waals surface area contributed by atoms with Crippen molar-refractivity contribution in [3.63, 3.8) is 0 Å². The van der Waals surface area contributed by atoms with Crippen LogP contribution in [0, 0.1) is 0 Å². The van der Waals surface area contributed by atoms with Crippen LogP contribution in [0.2, 0.25) is 0 Å². The Morgan fingerprint density at radius 1 is 0.480 bits per heavy atom. The molecule has 6 heteroatoms. The maximum absolute atomic E-state index is 12.5. The predicted molar refractivity (Wildman–Crippen MR) is 215 cm³/mol. The molecule has 4 atom stereocenters. The molecule has 0 unspecified atom stereocenters. The predicted octanol–water partition coefficient (Wildman–Crippen LogP) is 11.4. The molecular weight excluding hydrogens is 622 g/mol. The lowest BCUT2D eigenvalue weighted by Crippen LogP contribution is -2.53. The highest BCUT2D eigenvalue weighted by molar-refractivity contribution is 5.80. The van der Waals surface area contributed by atoms with Crippen LogP contribution in [-0.2, 0) is 4.79 Å². The Morgan fingerprint density at radius 2 is 0.800 bits per heavy atom. The van der Waals surface area contributed by atoms with Crippen molar-refractivity contribution in [2.24, 2.45) is 0 Å². The number of aliphatic hydroxyl groups is 4. The number of allylic oxidation sites excluding steroid dienone is 2. The van der Waals surface area contributed by atoms with E-state index in [-0.39, 0.29) is 0 Å². The van der Waals surface area contributed by atoms with Gasteiger partial charge in [-0.2, -0.15) is 0 Å². The summed E-state index contributed by atoms with van der Waals surface area (Å²) in [5.74, 6) is -0.585. The molecule has 0 aliphatic rings. The molecule has 0 aromatic carbocycles. The summed E-state index contributed by atoms with van der Waals surface area (Å²) in [6.07, 6.45) is 42.5. The molecule has 0 spiro atoms. The van der Waals surface area contributed by atoms with Crippen molar-refractivity contribution in [1.29, 1.82) is 0 Å². The third-order valence-electron chi connectivity index (χ3n) is 10.5. The van der Waals surface area contributed by atoms with Crippen LogP contribution in [0.25, 0.3) is 0 Å². The highest BCUT2D eigenvalue weighted by Crippen LogP contribution is 2.17. The van der Waals surface area contributed by atoms with Crippen molar-refractivity contribution in [1.82, 2.24) is 5.32 Å². The SMILES string of the molecule is CCCCC/C=C\CCCCCCC[C@@H](O)[C@@H](O)[C@H](CO)NC(=O)[C@H](O)CCCCCCCCCCCCCCCCCCCCCCCC. The Bertz CT molecular complexity index is 717. The second-order valence-electron chi connectivity index (χ2n) is 15.4. The number of carbonyl (C=O) groups excluding carboxylic acids is 1. The fraction of sp³-hybridized carbons (Fsp3) is 0.932. The van der Waals surface area contributed by atoms with E-state index in [1.807, 2.05) is 0 Å². The van der Waals surface area contributed by atoms with Gasteiger partial charge in [-0.1, -0.05) is 206 Å². The molecule has 0 aromatic heterocycles. The quantitative estimate of drug-likeness (QED) is 0.0321. The Hall–Kier alpha value is -0.950. The first-order valence-corrected chi connectivity index (χ1v) is 22.1. The average molecular weight is 710 g/mol. The van der Waals surface area contributed by atoms with Crippen LogP contribution < -0.4 is 5.32 Å². The minimum Gasteiger partial charge on any atom is -0.394 e. The number of rotatable bonds is 40. The molecule has 0 aromatic rings. The van der Waals surface area contributed by atoms with Crippen molar-refractivity contribution in [2.75, 3.05) is 6.61 Å². The number of carbonyl (C=O) groups is 1. The molecule has 0 heterocycles. The number of unbranched alkanes of at least 4 members (excludes halogenated alkanes) is 29. The highest BCUT2D eigenvalue weighted by Gasteiger charge is 2.28. The Labute approximate surface area is 311 Å². The fourth-order valence-electron chi connectivity index (χ4n) is 6.93. The van der Waals surface area contributed by atoms with Crippen LogP contribution >= 0.6 is 0 Å². The molecule has 0 aliphatic heterocycles. The molecule has 1 amide bonds. The van der Waals surface area contributed by atoms with Crippen LogP contribution in [0.1, 0.15) is 232 Å². The monoisotopic (exact) mass is 710 g/mol. The molecule has 0 fully saturated rings. The van der Waals surface area contributed by atoms with E-state index in [9.17, 15) is 25.2 Å². The number of aliphatic hydroxyl groups excluding tert-OH is 4. The topological polar surface area (TPSA) is 110 Å². The molecular formula is C44H87NO5. The van der Waals surface area contributed by atoms with Crippen LogP contribution in [0.3, 0.4) is 0 Å². The zero-order valence-corrected chi connectivity index (χ0v) is 33.4. The molecule has 6 nitrogen and oxygen atoms in total. The lowest BCUT2D eigenvalue weighted by atomic mass is 9.99. The molecule has 0 radical (unpaired) electrons. The highest BCUT2D eigenvalue weighted by atomic mass is 16.3. The van der Waals surface area contributed by atoms with Crippen molar-refractivity contribution in [2.45, 2.75) is 257 Å². The van der Waals surface area contributed by atoms with Crippen molar-refractivity contribution in [3.8, 4) is 0 Å². The van der Waals surface area contributed by atoms with Gasteiger partial charge in [0, 0.05) is 0 Å². The van der Waals surface area contributed by atoms with Gasteiger partial charge < -0.3 is 25.7 Å². The minimum absolute atomic E-state index is 0.371. The van der Waals surface area contributed by atoms with E-state index in [1.54, 1.807) is 0 Å². The van der Waals surface area contributed by atoms with E-state index in [2.05, 4.69) is 31.3 Å². The molecule has 50 heavy (non-hydrogen) atoms. The van der Waals surface area contributed by atoms with Crippen LogP contribution in [0.15, 0.2) is 12.2 Å².